The molecule has 0 radical (unpaired) electrons. The van der Waals surface area contributed by atoms with E-state index in [4.69, 9.17) is 23.7 Å². The topological polar surface area (TPSA) is 49.5 Å². The van der Waals surface area contributed by atoms with E-state index in [0.29, 0.717) is 13.2 Å². The number of hydrogen-bond acceptors (Lipinski definition) is 5. The lowest BCUT2D eigenvalue weighted by atomic mass is 10.00. The Morgan fingerprint density at radius 2 is 1.95 bits per heavy atom. The van der Waals surface area contributed by atoms with E-state index in [1.165, 1.54) is 0 Å². The van der Waals surface area contributed by atoms with E-state index >= 15 is 0 Å². The molecule has 1 aromatic carbocycles. The van der Waals surface area contributed by atoms with E-state index in [9.17, 15) is 0 Å². The van der Waals surface area contributed by atoms with Crippen LogP contribution >= 0.6 is 0 Å². The second-order valence-electron chi connectivity index (χ2n) is 6.20. The molecule has 0 unspecified atom stereocenters. The third-order valence-electron chi connectivity index (χ3n) is 4.11. The molecule has 0 amide bonds. The molecule has 0 aromatic heterocycles. The van der Waals surface area contributed by atoms with Gasteiger partial charge in [-0.3, -0.25) is 0 Å². The molecule has 5 atom stereocenters. The van der Waals surface area contributed by atoms with E-state index in [0.717, 1.165) is 5.56 Å². The smallest absolute Gasteiger partial charge is 0.187 e. The second-order valence-corrected chi connectivity index (χ2v) is 6.20. The van der Waals surface area contributed by atoms with Gasteiger partial charge in [-0.2, -0.15) is 0 Å². The standard InChI is InChI=1S/C16H20O5/c1-16(2)18-9-11-12(21-16)13(14-15(19-11)20-14)17-8-10-6-4-3-5-7-10/h3-7,11-15H,8-9H2,1-2H3/t11-,12-,13+,14-,15+/m1/s1. The largest absolute Gasteiger partial charge is 0.368 e. The molecule has 0 saturated carbocycles. The van der Waals surface area contributed by atoms with Gasteiger partial charge in [0.05, 0.1) is 13.2 Å². The van der Waals surface area contributed by atoms with Gasteiger partial charge in [-0.05, 0) is 19.4 Å². The number of rotatable bonds is 3. The van der Waals surface area contributed by atoms with Crippen molar-refractivity contribution in [2.75, 3.05) is 6.61 Å². The van der Waals surface area contributed by atoms with Crippen LogP contribution in [0.3, 0.4) is 0 Å². The Bertz CT molecular complexity index is 503. The fourth-order valence-electron chi connectivity index (χ4n) is 2.98. The summed E-state index contributed by atoms with van der Waals surface area (Å²) in [5, 5.41) is 0. The highest BCUT2D eigenvalue weighted by molar-refractivity contribution is 5.13. The number of benzene rings is 1. The summed E-state index contributed by atoms with van der Waals surface area (Å²) in [6, 6.07) is 10.1. The Morgan fingerprint density at radius 3 is 2.76 bits per heavy atom. The lowest BCUT2D eigenvalue weighted by molar-refractivity contribution is -0.338. The number of hydrogen-bond donors (Lipinski definition) is 0. The summed E-state index contributed by atoms with van der Waals surface area (Å²) in [6.45, 7) is 4.88. The van der Waals surface area contributed by atoms with Crippen LogP contribution in [0, 0.1) is 0 Å². The van der Waals surface area contributed by atoms with Crippen LogP contribution in [0.25, 0.3) is 0 Å². The Morgan fingerprint density at radius 1 is 1.14 bits per heavy atom. The molecule has 5 heteroatoms. The zero-order valence-electron chi connectivity index (χ0n) is 12.2. The predicted octanol–water partition coefficient (Wildman–Crippen LogP) is 1.85. The summed E-state index contributed by atoms with van der Waals surface area (Å²) < 4.78 is 29.1. The van der Waals surface area contributed by atoms with Crippen molar-refractivity contribution in [2.24, 2.45) is 0 Å². The van der Waals surface area contributed by atoms with E-state index in [2.05, 4.69) is 12.1 Å². The molecule has 3 heterocycles. The minimum atomic E-state index is -0.611. The van der Waals surface area contributed by atoms with E-state index in [1.807, 2.05) is 32.0 Å². The molecular formula is C16H20O5. The monoisotopic (exact) mass is 292 g/mol. The highest BCUT2D eigenvalue weighted by atomic mass is 16.8. The van der Waals surface area contributed by atoms with E-state index < -0.39 is 5.79 Å². The molecular weight excluding hydrogens is 272 g/mol. The fraction of sp³-hybridized carbons (Fsp3) is 0.625. The summed E-state index contributed by atoms with van der Waals surface area (Å²) in [5.74, 6) is -0.611. The van der Waals surface area contributed by atoms with Gasteiger partial charge in [-0.25, -0.2) is 0 Å². The van der Waals surface area contributed by atoms with Crippen molar-refractivity contribution >= 4 is 0 Å². The molecule has 5 nitrogen and oxygen atoms in total. The summed E-state index contributed by atoms with van der Waals surface area (Å²) in [4.78, 5) is 0. The average molecular weight is 292 g/mol. The summed E-state index contributed by atoms with van der Waals surface area (Å²) in [5.41, 5.74) is 1.14. The van der Waals surface area contributed by atoms with Crippen LogP contribution in [0.5, 0.6) is 0 Å². The van der Waals surface area contributed by atoms with Crippen molar-refractivity contribution in [3.05, 3.63) is 35.9 Å². The minimum absolute atomic E-state index is 0.0242. The number of epoxide rings is 1. The number of ether oxygens (including phenoxy) is 5. The first-order valence-electron chi connectivity index (χ1n) is 7.41. The molecule has 114 valence electrons. The van der Waals surface area contributed by atoms with Gasteiger partial charge < -0.3 is 23.7 Å². The van der Waals surface area contributed by atoms with Crippen LogP contribution in [0.15, 0.2) is 30.3 Å². The number of fused-ring (bicyclic) bond motifs is 2. The molecule has 4 rings (SSSR count). The third kappa shape index (κ3) is 2.72. The van der Waals surface area contributed by atoms with Crippen LogP contribution in [0.4, 0.5) is 0 Å². The molecule has 21 heavy (non-hydrogen) atoms. The fourth-order valence-corrected chi connectivity index (χ4v) is 2.98. The van der Waals surface area contributed by atoms with Crippen molar-refractivity contribution in [3.63, 3.8) is 0 Å². The van der Waals surface area contributed by atoms with Crippen LogP contribution in [0.1, 0.15) is 19.4 Å². The van der Waals surface area contributed by atoms with Gasteiger partial charge in [-0.15, -0.1) is 0 Å². The SMILES string of the molecule is CC1(C)OC[C@H]2O[C@H]3O[C@@H]3[C@@H](OCc3ccccc3)[C@@H]2O1. The van der Waals surface area contributed by atoms with Crippen molar-refractivity contribution in [3.8, 4) is 0 Å². The van der Waals surface area contributed by atoms with E-state index in [-0.39, 0.29) is 30.7 Å². The molecule has 0 aliphatic carbocycles. The Hall–Kier alpha value is -0.980. The van der Waals surface area contributed by atoms with Crippen molar-refractivity contribution < 1.29 is 23.7 Å². The maximum atomic E-state index is 6.10. The molecule has 0 N–H and O–H groups in total. The Labute approximate surface area is 124 Å². The maximum Gasteiger partial charge on any atom is 0.187 e. The average Bonchev–Trinajstić information content (AvgIpc) is 3.23. The van der Waals surface area contributed by atoms with Crippen LogP contribution in [-0.2, 0) is 30.3 Å². The molecule has 3 saturated heterocycles. The third-order valence-corrected chi connectivity index (χ3v) is 4.11. The van der Waals surface area contributed by atoms with Crippen molar-refractivity contribution in [1.82, 2.24) is 0 Å². The first-order valence-corrected chi connectivity index (χ1v) is 7.41. The lowest BCUT2D eigenvalue weighted by Crippen LogP contribution is -2.59. The first kappa shape index (κ1) is 13.7. The van der Waals surface area contributed by atoms with Crippen molar-refractivity contribution in [1.29, 1.82) is 0 Å². The second kappa shape index (κ2) is 5.04. The molecule has 1 aromatic rings. The van der Waals surface area contributed by atoms with Gasteiger partial charge in [0.1, 0.15) is 24.4 Å². The van der Waals surface area contributed by atoms with E-state index in [1.54, 1.807) is 0 Å². The Kier molecular flexibility index (Phi) is 3.28. The van der Waals surface area contributed by atoms with Gasteiger partial charge in [0.2, 0.25) is 0 Å². The van der Waals surface area contributed by atoms with Crippen molar-refractivity contribution in [2.45, 2.75) is 56.9 Å². The minimum Gasteiger partial charge on any atom is -0.368 e. The molecule has 3 fully saturated rings. The van der Waals surface area contributed by atoms with Gasteiger partial charge in [-0.1, -0.05) is 30.3 Å². The maximum absolute atomic E-state index is 6.10. The van der Waals surface area contributed by atoms with Gasteiger partial charge in [0.15, 0.2) is 12.1 Å². The quantitative estimate of drug-likeness (QED) is 0.796. The predicted molar refractivity (Wildman–Crippen MR) is 73.5 cm³/mol. The molecule has 3 aliphatic heterocycles. The summed E-state index contributed by atoms with van der Waals surface area (Å²) in [6.07, 6.45) is -0.579. The summed E-state index contributed by atoms with van der Waals surface area (Å²) >= 11 is 0. The molecule has 3 aliphatic rings. The van der Waals surface area contributed by atoms with Gasteiger partial charge in [0.25, 0.3) is 0 Å². The summed E-state index contributed by atoms with van der Waals surface area (Å²) in [7, 11) is 0. The zero-order valence-corrected chi connectivity index (χ0v) is 12.2. The molecule has 0 bridgehead atoms. The molecule has 0 spiro atoms. The highest BCUT2D eigenvalue weighted by Gasteiger charge is 2.60. The van der Waals surface area contributed by atoms with Crippen LogP contribution in [-0.4, -0.2) is 43.1 Å². The Balaban J connectivity index is 1.47. The zero-order chi connectivity index (χ0) is 14.4. The lowest BCUT2D eigenvalue weighted by Gasteiger charge is -2.44. The first-order chi connectivity index (χ1) is 10.1. The van der Waals surface area contributed by atoms with Crippen LogP contribution in [0.2, 0.25) is 0 Å². The van der Waals surface area contributed by atoms with Gasteiger partial charge in [0, 0.05) is 0 Å². The van der Waals surface area contributed by atoms with Gasteiger partial charge >= 0.3 is 0 Å². The normalized spacial score (nSPS) is 40.2. The highest BCUT2D eigenvalue weighted by Crippen LogP contribution is 2.42. The van der Waals surface area contributed by atoms with Crippen LogP contribution < -0.4 is 0 Å².